The Morgan fingerprint density at radius 1 is 1.13 bits per heavy atom. The Labute approximate surface area is 145 Å². The number of nitro groups is 1. The fourth-order valence-corrected chi connectivity index (χ4v) is 3.26. The average molecular weight is 370 g/mol. The number of carbonyl (C=O) groups is 1. The van der Waals surface area contributed by atoms with Crippen LogP contribution in [0.2, 0.25) is 10.0 Å². The van der Waals surface area contributed by atoms with Crippen LogP contribution in [0, 0.1) is 10.1 Å². The van der Waals surface area contributed by atoms with Crippen LogP contribution in [0.15, 0.2) is 52.3 Å². The van der Waals surface area contributed by atoms with Crippen molar-refractivity contribution >= 4 is 52.7 Å². The summed E-state index contributed by atoms with van der Waals surface area (Å²) in [5, 5.41) is 20.1. The first-order valence-electron chi connectivity index (χ1n) is 6.20. The molecule has 0 saturated heterocycles. The number of halogens is 2. The first-order valence-corrected chi connectivity index (χ1v) is 7.77. The van der Waals surface area contributed by atoms with Gasteiger partial charge in [-0.3, -0.25) is 10.1 Å². The lowest BCUT2D eigenvalue weighted by Gasteiger charge is -2.08. The molecule has 0 fully saturated rings. The van der Waals surface area contributed by atoms with Crippen LogP contribution in [-0.2, 0) is 4.79 Å². The van der Waals surface area contributed by atoms with E-state index in [2.05, 4.69) is 0 Å². The van der Waals surface area contributed by atoms with Crippen LogP contribution >= 0.6 is 35.0 Å². The summed E-state index contributed by atoms with van der Waals surface area (Å²) in [6, 6.07) is 9.53. The Morgan fingerprint density at radius 2 is 1.83 bits per heavy atom. The third-order valence-corrected chi connectivity index (χ3v) is 4.90. The molecule has 118 valence electrons. The highest BCUT2D eigenvalue weighted by Gasteiger charge is 2.16. The maximum Gasteiger partial charge on any atom is 0.328 e. The lowest BCUT2D eigenvalue weighted by atomic mass is 10.2. The Morgan fingerprint density at radius 3 is 2.48 bits per heavy atom. The lowest BCUT2D eigenvalue weighted by molar-refractivity contribution is -0.387. The molecular weight excluding hydrogens is 361 g/mol. The fraction of sp³-hybridized carbons (Fsp3) is 0. The molecule has 0 unspecified atom stereocenters. The van der Waals surface area contributed by atoms with Gasteiger partial charge in [0, 0.05) is 17.0 Å². The van der Waals surface area contributed by atoms with Crippen LogP contribution in [0.4, 0.5) is 5.69 Å². The zero-order valence-corrected chi connectivity index (χ0v) is 13.7. The molecule has 0 atom stereocenters. The molecule has 0 amide bonds. The molecule has 0 aliphatic rings. The van der Waals surface area contributed by atoms with Gasteiger partial charge in [-0.15, -0.1) is 0 Å². The van der Waals surface area contributed by atoms with Gasteiger partial charge in [-0.2, -0.15) is 0 Å². The molecule has 5 nitrogen and oxygen atoms in total. The molecule has 0 aliphatic heterocycles. The summed E-state index contributed by atoms with van der Waals surface area (Å²) < 4.78 is 0. The minimum atomic E-state index is -1.10. The number of para-hydroxylation sites is 1. The van der Waals surface area contributed by atoms with Crippen LogP contribution < -0.4 is 0 Å². The van der Waals surface area contributed by atoms with Crippen LogP contribution in [0.25, 0.3) is 6.08 Å². The Bertz CT molecular complexity index is 808. The van der Waals surface area contributed by atoms with Crippen molar-refractivity contribution in [1.82, 2.24) is 0 Å². The highest BCUT2D eigenvalue weighted by atomic mass is 35.5. The van der Waals surface area contributed by atoms with E-state index in [-0.39, 0.29) is 15.7 Å². The van der Waals surface area contributed by atoms with Gasteiger partial charge < -0.3 is 5.11 Å². The van der Waals surface area contributed by atoms with Crippen LogP contribution in [0.1, 0.15) is 5.56 Å². The van der Waals surface area contributed by atoms with Gasteiger partial charge in [0.05, 0.1) is 19.9 Å². The van der Waals surface area contributed by atoms with Gasteiger partial charge in [0.15, 0.2) is 0 Å². The van der Waals surface area contributed by atoms with E-state index in [1.165, 1.54) is 12.1 Å². The SMILES string of the molecule is O=C(O)/C=C/c1ccc(Sc2ccccc2[N+](=O)[O-])c(Cl)c1Cl. The molecule has 23 heavy (non-hydrogen) atoms. The van der Waals surface area contributed by atoms with E-state index >= 15 is 0 Å². The Hall–Kier alpha value is -2.02. The van der Waals surface area contributed by atoms with Gasteiger partial charge in [-0.1, -0.05) is 53.2 Å². The van der Waals surface area contributed by atoms with E-state index in [1.807, 2.05) is 0 Å². The second-order valence-electron chi connectivity index (χ2n) is 4.28. The zero-order chi connectivity index (χ0) is 17.0. The smallest absolute Gasteiger partial charge is 0.328 e. The number of carboxylic acids is 1. The number of hydrogen-bond donors (Lipinski definition) is 1. The van der Waals surface area contributed by atoms with Crippen molar-refractivity contribution in [2.45, 2.75) is 9.79 Å². The molecule has 0 aliphatic carbocycles. The maximum absolute atomic E-state index is 11.0. The average Bonchev–Trinajstić information content (AvgIpc) is 2.51. The first-order chi connectivity index (χ1) is 10.9. The molecule has 1 N–H and O–H groups in total. The summed E-state index contributed by atoms with van der Waals surface area (Å²) in [4.78, 5) is 22.1. The number of aliphatic carboxylic acids is 1. The normalized spacial score (nSPS) is 10.9. The van der Waals surface area contributed by atoms with Gasteiger partial charge >= 0.3 is 5.97 Å². The van der Waals surface area contributed by atoms with Gasteiger partial charge in [0.1, 0.15) is 0 Å². The molecular formula is C15H9Cl2NO4S. The van der Waals surface area contributed by atoms with Crippen molar-refractivity contribution < 1.29 is 14.8 Å². The zero-order valence-electron chi connectivity index (χ0n) is 11.4. The summed E-state index contributed by atoms with van der Waals surface area (Å²) in [5.41, 5.74) is 0.422. The molecule has 0 aromatic heterocycles. The molecule has 2 aromatic rings. The van der Waals surface area contributed by atoms with Gasteiger partial charge in [-0.25, -0.2) is 4.79 Å². The molecule has 8 heteroatoms. The lowest BCUT2D eigenvalue weighted by Crippen LogP contribution is -1.90. The van der Waals surface area contributed by atoms with E-state index in [0.717, 1.165) is 17.8 Å². The van der Waals surface area contributed by atoms with Gasteiger partial charge in [0.25, 0.3) is 5.69 Å². The predicted octanol–water partition coefficient (Wildman–Crippen LogP) is 5.15. The Kier molecular flexibility index (Phi) is 5.65. The van der Waals surface area contributed by atoms with Crippen molar-refractivity contribution in [1.29, 1.82) is 0 Å². The third kappa shape index (κ3) is 4.25. The fourth-order valence-electron chi connectivity index (χ4n) is 1.73. The molecule has 2 rings (SSSR count). The topological polar surface area (TPSA) is 80.4 Å². The van der Waals surface area contributed by atoms with Gasteiger partial charge in [-0.05, 0) is 23.8 Å². The van der Waals surface area contributed by atoms with Gasteiger partial charge in [0.2, 0.25) is 0 Å². The maximum atomic E-state index is 11.0. The van der Waals surface area contributed by atoms with Crippen molar-refractivity contribution in [3.63, 3.8) is 0 Å². The summed E-state index contributed by atoms with van der Waals surface area (Å²) in [5.74, 6) is -1.10. The van der Waals surface area contributed by atoms with Crippen LogP contribution in [-0.4, -0.2) is 16.0 Å². The van der Waals surface area contributed by atoms with Crippen molar-refractivity contribution in [3.05, 3.63) is 68.2 Å². The number of carboxylic acid groups (broad SMARTS) is 1. The van der Waals surface area contributed by atoms with Crippen molar-refractivity contribution in [2.24, 2.45) is 0 Å². The van der Waals surface area contributed by atoms with Crippen LogP contribution in [0.3, 0.4) is 0 Å². The monoisotopic (exact) mass is 369 g/mol. The molecule has 0 spiro atoms. The Balaban J connectivity index is 2.38. The minimum absolute atomic E-state index is 0.0282. The second kappa shape index (κ2) is 7.50. The van der Waals surface area contributed by atoms with E-state index < -0.39 is 10.9 Å². The number of rotatable bonds is 5. The molecule has 0 radical (unpaired) electrons. The number of nitrogens with zero attached hydrogens (tertiary/aromatic N) is 1. The second-order valence-corrected chi connectivity index (χ2v) is 6.12. The van der Waals surface area contributed by atoms with Crippen molar-refractivity contribution in [2.75, 3.05) is 0 Å². The quantitative estimate of drug-likeness (QED) is 0.447. The molecule has 0 heterocycles. The number of nitro benzene ring substituents is 1. The molecule has 2 aromatic carbocycles. The summed E-state index contributed by atoms with van der Waals surface area (Å²) >= 11 is 13.4. The molecule has 0 saturated carbocycles. The van der Waals surface area contributed by atoms with Crippen LogP contribution in [0.5, 0.6) is 0 Å². The first kappa shape index (κ1) is 17.3. The van der Waals surface area contributed by atoms with E-state index in [0.29, 0.717) is 15.4 Å². The van der Waals surface area contributed by atoms with E-state index in [1.54, 1.807) is 30.3 Å². The number of benzene rings is 2. The summed E-state index contributed by atoms with van der Waals surface area (Å²) in [6.07, 6.45) is 2.28. The highest BCUT2D eigenvalue weighted by Crippen LogP contribution is 2.41. The summed E-state index contributed by atoms with van der Waals surface area (Å²) in [7, 11) is 0. The van der Waals surface area contributed by atoms with E-state index in [9.17, 15) is 14.9 Å². The predicted molar refractivity (Wildman–Crippen MR) is 90.4 cm³/mol. The summed E-state index contributed by atoms with van der Waals surface area (Å²) in [6.45, 7) is 0. The minimum Gasteiger partial charge on any atom is -0.478 e. The van der Waals surface area contributed by atoms with Crippen molar-refractivity contribution in [3.8, 4) is 0 Å². The highest BCUT2D eigenvalue weighted by molar-refractivity contribution is 7.99. The number of hydrogen-bond acceptors (Lipinski definition) is 4. The molecule has 0 bridgehead atoms. The standard InChI is InChI=1S/C15H9Cl2NO4S/c16-14-9(6-8-13(19)20)5-7-12(15(14)17)23-11-4-2-1-3-10(11)18(21)22/h1-8H,(H,19,20)/b8-6+. The third-order valence-electron chi connectivity index (χ3n) is 2.76. The van der Waals surface area contributed by atoms with E-state index in [4.69, 9.17) is 28.3 Å². The largest absolute Gasteiger partial charge is 0.478 e.